The molecule has 15 heavy (non-hydrogen) atoms. The fraction of sp³-hybridized carbons (Fsp3) is 0.538. The maximum Gasteiger partial charge on any atom is 0.0721 e. The fourth-order valence-corrected chi connectivity index (χ4v) is 1.69. The second-order valence-corrected chi connectivity index (χ2v) is 3.81. The molecule has 0 amide bonds. The van der Waals surface area contributed by atoms with Crippen molar-refractivity contribution < 1.29 is 4.74 Å². The van der Waals surface area contributed by atoms with Gasteiger partial charge < -0.3 is 10.1 Å². The first-order valence-corrected chi connectivity index (χ1v) is 5.60. The van der Waals surface area contributed by atoms with Gasteiger partial charge >= 0.3 is 0 Å². The summed E-state index contributed by atoms with van der Waals surface area (Å²) >= 11 is 0. The third kappa shape index (κ3) is 4.02. The molecule has 0 radical (unpaired) electrons. The van der Waals surface area contributed by atoms with Crippen LogP contribution in [0.1, 0.15) is 25.8 Å². The molecule has 1 rings (SSSR count). The topological polar surface area (TPSA) is 21.3 Å². The summed E-state index contributed by atoms with van der Waals surface area (Å²) in [6.07, 6.45) is 1.34. The number of nitrogens with one attached hydrogen (secondary N) is 1. The maximum atomic E-state index is 5.81. The Balaban J connectivity index is 2.36. The van der Waals surface area contributed by atoms with Crippen LogP contribution in [0.4, 0.5) is 0 Å². The fourth-order valence-electron chi connectivity index (χ4n) is 1.69. The molecular weight excluding hydrogens is 186 g/mol. The van der Waals surface area contributed by atoms with Crippen LogP contribution < -0.4 is 5.32 Å². The highest BCUT2D eigenvalue weighted by molar-refractivity contribution is 5.13. The smallest absolute Gasteiger partial charge is 0.0721 e. The first kappa shape index (κ1) is 12.2. The number of ether oxygens (including phenoxy) is 1. The van der Waals surface area contributed by atoms with Gasteiger partial charge in [-0.3, -0.25) is 0 Å². The van der Waals surface area contributed by atoms with Crippen LogP contribution in [0.5, 0.6) is 0 Å². The van der Waals surface area contributed by atoms with Crippen molar-refractivity contribution in [3.05, 3.63) is 35.9 Å². The van der Waals surface area contributed by atoms with Crippen molar-refractivity contribution >= 4 is 0 Å². The summed E-state index contributed by atoms with van der Waals surface area (Å²) < 4.78 is 5.81. The lowest BCUT2D eigenvalue weighted by Gasteiger charge is -2.22. The monoisotopic (exact) mass is 207 g/mol. The minimum Gasteiger partial charge on any atom is -0.372 e. The molecule has 1 N–H and O–H groups in total. The van der Waals surface area contributed by atoms with Gasteiger partial charge in [0.05, 0.1) is 12.7 Å². The largest absolute Gasteiger partial charge is 0.372 e. The van der Waals surface area contributed by atoms with Crippen molar-refractivity contribution in [2.75, 3.05) is 7.05 Å². The molecule has 0 aliphatic rings. The van der Waals surface area contributed by atoms with E-state index in [1.54, 1.807) is 0 Å². The molecule has 1 aromatic carbocycles. The van der Waals surface area contributed by atoms with E-state index >= 15 is 0 Å². The van der Waals surface area contributed by atoms with Gasteiger partial charge in [-0.25, -0.2) is 0 Å². The van der Waals surface area contributed by atoms with E-state index in [1.165, 1.54) is 5.56 Å². The molecular formula is C13H21NO. The number of rotatable bonds is 6. The number of hydrogen-bond donors (Lipinski definition) is 1. The summed E-state index contributed by atoms with van der Waals surface area (Å²) in [5, 5.41) is 3.26. The van der Waals surface area contributed by atoms with Crippen LogP contribution in [-0.4, -0.2) is 19.2 Å². The van der Waals surface area contributed by atoms with Crippen LogP contribution in [0.15, 0.2) is 30.3 Å². The maximum absolute atomic E-state index is 5.81. The average Bonchev–Trinajstić information content (AvgIpc) is 2.29. The highest BCUT2D eigenvalue weighted by atomic mass is 16.5. The van der Waals surface area contributed by atoms with Crippen molar-refractivity contribution in [3.8, 4) is 0 Å². The van der Waals surface area contributed by atoms with Gasteiger partial charge in [0.15, 0.2) is 0 Å². The predicted molar refractivity (Wildman–Crippen MR) is 63.8 cm³/mol. The van der Waals surface area contributed by atoms with E-state index in [4.69, 9.17) is 4.74 Å². The zero-order chi connectivity index (χ0) is 11.1. The molecule has 2 unspecified atom stereocenters. The average molecular weight is 207 g/mol. The van der Waals surface area contributed by atoms with E-state index in [1.807, 2.05) is 25.2 Å². The normalized spacial score (nSPS) is 14.9. The molecule has 0 saturated carbocycles. The quantitative estimate of drug-likeness (QED) is 0.774. The second kappa shape index (κ2) is 6.59. The van der Waals surface area contributed by atoms with Crippen LogP contribution in [0, 0.1) is 0 Å². The molecule has 0 aromatic heterocycles. The third-order valence-electron chi connectivity index (χ3n) is 2.73. The Morgan fingerprint density at radius 3 is 2.47 bits per heavy atom. The molecule has 1 aromatic rings. The number of hydrogen-bond acceptors (Lipinski definition) is 2. The van der Waals surface area contributed by atoms with Crippen molar-refractivity contribution in [1.29, 1.82) is 0 Å². The van der Waals surface area contributed by atoms with Gasteiger partial charge in [0.1, 0.15) is 0 Å². The van der Waals surface area contributed by atoms with Gasteiger partial charge in [-0.05, 0) is 26.0 Å². The minimum atomic E-state index is 0.250. The summed E-state index contributed by atoms with van der Waals surface area (Å²) in [6.45, 7) is 4.98. The van der Waals surface area contributed by atoms with Gasteiger partial charge in [-0.2, -0.15) is 0 Å². The van der Waals surface area contributed by atoms with Crippen LogP contribution in [-0.2, 0) is 11.3 Å². The molecule has 0 fully saturated rings. The Morgan fingerprint density at radius 1 is 1.27 bits per heavy atom. The van der Waals surface area contributed by atoms with Crippen LogP contribution in [0.3, 0.4) is 0 Å². The van der Waals surface area contributed by atoms with Gasteiger partial charge in [0.25, 0.3) is 0 Å². The standard InChI is InChI=1S/C13H21NO/c1-4-13(14-3)11(2)15-10-12-8-6-5-7-9-12/h5-9,11,13-14H,4,10H2,1-3H3. The number of likely N-dealkylation sites (N-methyl/N-ethyl adjacent to an activating group) is 1. The van der Waals surface area contributed by atoms with E-state index in [0.29, 0.717) is 12.6 Å². The Labute approximate surface area is 92.6 Å². The van der Waals surface area contributed by atoms with Gasteiger partial charge in [-0.15, -0.1) is 0 Å². The number of benzene rings is 1. The van der Waals surface area contributed by atoms with Crippen LogP contribution in [0.25, 0.3) is 0 Å². The summed E-state index contributed by atoms with van der Waals surface area (Å²) in [7, 11) is 1.98. The van der Waals surface area contributed by atoms with E-state index < -0.39 is 0 Å². The molecule has 0 bridgehead atoms. The second-order valence-electron chi connectivity index (χ2n) is 3.81. The Hall–Kier alpha value is -0.860. The van der Waals surface area contributed by atoms with Gasteiger partial charge in [0.2, 0.25) is 0 Å². The lowest BCUT2D eigenvalue weighted by atomic mass is 10.1. The van der Waals surface area contributed by atoms with Crippen LogP contribution in [0.2, 0.25) is 0 Å². The van der Waals surface area contributed by atoms with Crippen molar-refractivity contribution in [3.63, 3.8) is 0 Å². The molecule has 0 aliphatic heterocycles. The van der Waals surface area contributed by atoms with E-state index in [9.17, 15) is 0 Å². The van der Waals surface area contributed by atoms with Crippen molar-refractivity contribution in [1.82, 2.24) is 5.32 Å². The lowest BCUT2D eigenvalue weighted by Crippen LogP contribution is -2.36. The highest BCUT2D eigenvalue weighted by Gasteiger charge is 2.13. The lowest BCUT2D eigenvalue weighted by molar-refractivity contribution is 0.0279. The Bertz CT molecular complexity index is 256. The Kier molecular flexibility index (Phi) is 5.37. The third-order valence-corrected chi connectivity index (χ3v) is 2.73. The molecule has 2 heteroatoms. The van der Waals surface area contributed by atoms with E-state index in [2.05, 4.69) is 31.3 Å². The minimum absolute atomic E-state index is 0.250. The first-order chi connectivity index (χ1) is 7.27. The SMILES string of the molecule is CCC(NC)C(C)OCc1ccccc1. The Morgan fingerprint density at radius 2 is 1.93 bits per heavy atom. The first-order valence-electron chi connectivity index (χ1n) is 5.60. The predicted octanol–water partition coefficient (Wildman–Crippen LogP) is 2.59. The summed E-state index contributed by atoms with van der Waals surface area (Å²) in [4.78, 5) is 0. The molecule has 0 aliphatic carbocycles. The van der Waals surface area contributed by atoms with E-state index in [-0.39, 0.29) is 6.10 Å². The molecule has 2 atom stereocenters. The molecule has 2 nitrogen and oxygen atoms in total. The zero-order valence-electron chi connectivity index (χ0n) is 9.86. The molecule has 0 saturated heterocycles. The molecule has 0 heterocycles. The van der Waals surface area contributed by atoms with Crippen molar-refractivity contribution in [2.45, 2.75) is 39.0 Å². The van der Waals surface area contributed by atoms with Gasteiger partial charge in [-0.1, -0.05) is 37.3 Å². The summed E-state index contributed by atoms with van der Waals surface area (Å²) in [6, 6.07) is 10.7. The van der Waals surface area contributed by atoms with Crippen molar-refractivity contribution in [2.24, 2.45) is 0 Å². The molecule has 84 valence electrons. The highest BCUT2D eigenvalue weighted by Crippen LogP contribution is 2.07. The summed E-state index contributed by atoms with van der Waals surface area (Å²) in [5.74, 6) is 0. The van der Waals surface area contributed by atoms with Gasteiger partial charge in [0, 0.05) is 6.04 Å². The zero-order valence-corrected chi connectivity index (χ0v) is 9.86. The summed E-state index contributed by atoms with van der Waals surface area (Å²) in [5.41, 5.74) is 1.23. The van der Waals surface area contributed by atoms with E-state index in [0.717, 1.165) is 6.42 Å². The molecule has 0 spiro atoms. The van der Waals surface area contributed by atoms with Crippen LogP contribution >= 0.6 is 0 Å².